The van der Waals surface area contributed by atoms with Crippen molar-refractivity contribution in [2.24, 2.45) is 0 Å². The third-order valence-electron chi connectivity index (χ3n) is 6.64. The van der Waals surface area contributed by atoms with E-state index >= 15 is 4.39 Å². The second-order valence-corrected chi connectivity index (χ2v) is 10.4. The Morgan fingerprint density at radius 2 is 1.87 bits per heavy atom. The molecule has 0 N–H and O–H groups in total. The van der Waals surface area contributed by atoms with Crippen LogP contribution in [0.2, 0.25) is 5.02 Å². The van der Waals surface area contributed by atoms with Crippen LogP contribution in [0.25, 0.3) is 0 Å². The topological polar surface area (TPSA) is 71.8 Å². The second kappa shape index (κ2) is 9.91. The highest BCUT2D eigenvalue weighted by molar-refractivity contribution is 7.98. The Morgan fingerprint density at radius 1 is 1.15 bits per heavy atom. The number of carbonyl (C=O) groups is 2. The van der Waals surface area contributed by atoms with E-state index in [9.17, 15) is 27.6 Å². The van der Waals surface area contributed by atoms with E-state index in [1.807, 2.05) is 0 Å². The monoisotopic (exact) mass is 581 g/mol. The fourth-order valence-corrected chi connectivity index (χ4v) is 6.19. The van der Waals surface area contributed by atoms with Gasteiger partial charge in [0.2, 0.25) is 11.2 Å². The molecule has 7 nitrogen and oxygen atoms in total. The average Bonchev–Trinajstić information content (AvgIpc) is 3.03. The Bertz CT molecular complexity index is 1560. The van der Waals surface area contributed by atoms with E-state index in [-0.39, 0.29) is 9.92 Å². The molecule has 2 aliphatic heterocycles. The molecule has 3 heterocycles. The highest BCUT2D eigenvalue weighted by Crippen LogP contribution is 2.46. The Hall–Kier alpha value is -3.51. The number of aromatic nitrogens is 1. The van der Waals surface area contributed by atoms with Crippen LogP contribution in [-0.2, 0) is 10.5 Å². The number of amides is 1. The van der Waals surface area contributed by atoms with Crippen LogP contribution in [0.3, 0.4) is 0 Å². The molecule has 0 spiro atoms. The lowest BCUT2D eigenvalue weighted by molar-refractivity contribution is -0.173. The number of halogens is 5. The first-order chi connectivity index (χ1) is 18.4. The Morgan fingerprint density at radius 3 is 2.56 bits per heavy atom. The number of fused-ring (bicyclic) bond motifs is 3. The summed E-state index contributed by atoms with van der Waals surface area (Å²) >= 11 is 7.88. The SMILES string of the molecule is CC(=O)Oc1c2n(ccc1=O)N([C@@H]1c3cccc(F)c3SCc3cccc(Cl)c31)CN([C@H](C)C(F)(F)F)C2=O. The van der Waals surface area contributed by atoms with E-state index < -0.39 is 59.5 Å². The smallest absolute Gasteiger partial charge is 0.408 e. The zero-order valence-corrected chi connectivity index (χ0v) is 22.0. The van der Waals surface area contributed by atoms with Gasteiger partial charge in [0.05, 0.1) is 0 Å². The van der Waals surface area contributed by atoms with Crippen LogP contribution in [-0.4, -0.2) is 40.3 Å². The Balaban J connectivity index is 1.84. The number of nitrogens with zero attached hydrogens (tertiary/aromatic N) is 3. The first-order valence-corrected chi connectivity index (χ1v) is 13.0. The molecule has 0 fully saturated rings. The van der Waals surface area contributed by atoms with Crippen molar-refractivity contribution in [2.75, 3.05) is 11.7 Å². The van der Waals surface area contributed by atoms with Crippen LogP contribution in [0.1, 0.15) is 47.1 Å². The van der Waals surface area contributed by atoms with E-state index in [4.69, 9.17) is 16.3 Å². The van der Waals surface area contributed by atoms with Gasteiger partial charge in [-0.05, 0) is 30.2 Å². The molecule has 13 heteroatoms. The normalized spacial score (nSPS) is 17.6. The predicted octanol–water partition coefficient (Wildman–Crippen LogP) is 5.26. The molecule has 1 amide bonds. The molecule has 0 bridgehead atoms. The van der Waals surface area contributed by atoms with Crippen molar-refractivity contribution in [3.8, 4) is 5.75 Å². The largest absolute Gasteiger partial charge is 0.420 e. The molecule has 39 heavy (non-hydrogen) atoms. The van der Waals surface area contributed by atoms with Crippen molar-refractivity contribution >= 4 is 35.2 Å². The van der Waals surface area contributed by atoms with Gasteiger partial charge >= 0.3 is 12.1 Å². The molecule has 0 saturated carbocycles. The molecule has 204 valence electrons. The van der Waals surface area contributed by atoms with E-state index in [0.717, 1.165) is 19.9 Å². The van der Waals surface area contributed by atoms with Gasteiger partial charge in [0, 0.05) is 40.4 Å². The minimum atomic E-state index is -4.82. The summed E-state index contributed by atoms with van der Waals surface area (Å²) in [7, 11) is 0. The summed E-state index contributed by atoms with van der Waals surface area (Å²) < 4.78 is 63.2. The number of ether oxygens (including phenoxy) is 1. The van der Waals surface area contributed by atoms with Crippen molar-refractivity contribution in [3.63, 3.8) is 0 Å². The molecule has 0 aliphatic carbocycles. The molecule has 5 rings (SSSR count). The van der Waals surface area contributed by atoms with Crippen LogP contribution in [0.5, 0.6) is 5.75 Å². The lowest BCUT2D eigenvalue weighted by Crippen LogP contribution is -2.60. The first-order valence-electron chi connectivity index (χ1n) is 11.7. The standard InChI is InChI=1S/C26H20ClF4N3O4S/c1-13(26(29,30)31)32-12-34(33-10-9-19(36)23(38-14(2)35)22(33)25(32)37)21-16-6-4-8-18(28)24(16)39-11-15-5-3-7-17(27)20(15)21/h3-10,13,21H,11-12H2,1-2H3/t13-,21-/m1/s1. The number of esters is 1. The van der Waals surface area contributed by atoms with Gasteiger partial charge in [0.1, 0.15) is 24.6 Å². The summed E-state index contributed by atoms with van der Waals surface area (Å²) in [6.07, 6.45) is -3.61. The van der Waals surface area contributed by atoms with Crippen molar-refractivity contribution in [2.45, 2.75) is 42.8 Å². The zero-order valence-electron chi connectivity index (χ0n) is 20.5. The van der Waals surface area contributed by atoms with Gasteiger partial charge in [0.25, 0.3) is 5.91 Å². The van der Waals surface area contributed by atoms with Crippen LogP contribution >= 0.6 is 23.4 Å². The number of alkyl halides is 3. The maximum atomic E-state index is 15.1. The average molecular weight is 582 g/mol. The quantitative estimate of drug-likeness (QED) is 0.310. The maximum Gasteiger partial charge on any atom is 0.408 e. The first kappa shape index (κ1) is 27.1. The lowest BCUT2D eigenvalue weighted by Gasteiger charge is -2.46. The van der Waals surface area contributed by atoms with Gasteiger partial charge in [-0.15, -0.1) is 11.8 Å². The van der Waals surface area contributed by atoms with Gasteiger partial charge in [-0.25, -0.2) is 4.39 Å². The summed E-state index contributed by atoms with van der Waals surface area (Å²) in [4.78, 5) is 38.9. The van der Waals surface area contributed by atoms with E-state index in [1.165, 1.54) is 39.8 Å². The molecule has 2 aliphatic rings. The third kappa shape index (κ3) is 4.65. The summed E-state index contributed by atoms with van der Waals surface area (Å²) in [6, 6.07) is 7.28. The number of benzene rings is 2. The number of carbonyl (C=O) groups excluding carboxylic acids is 2. The van der Waals surface area contributed by atoms with Crippen molar-refractivity contribution in [1.29, 1.82) is 0 Å². The molecule has 3 aromatic rings. The molecular weight excluding hydrogens is 562 g/mol. The van der Waals surface area contributed by atoms with Crippen molar-refractivity contribution in [3.05, 3.63) is 92.1 Å². The highest BCUT2D eigenvalue weighted by Gasteiger charge is 2.48. The predicted molar refractivity (Wildman–Crippen MR) is 136 cm³/mol. The molecule has 0 saturated heterocycles. The Kier molecular flexibility index (Phi) is 6.88. The van der Waals surface area contributed by atoms with E-state index in [1.54, 1.807) is 24.3 Å². The molecule has 2 aromatic carbocycles. The van der Waals surface area contributed by atoms with Crippen LogP contribution < -0.4 is 15.2 Å². The maximum absolute atomic E-state index is 15.1. The molecule has 0 unspecified atom stereocenters. The third-order valence-corrected chi connectivity index (χ3v) is 8.14. The molecule has 1 aromatic heterocycles. The van der Waals surface area contributed by atoms with Crippen LogP contribution in [0, 0.1) is 5.82 Å². The summed E-state index contributed by atoms with van der Waals surface area (Å²) in [5.74, 6) is -3.01. The van der Waals surface area contributed by atoms with Gasteiger partial charge in [-0.1, -0.05) is 35.9 Å². The number of rotatable bonds is 3. The van der Waals surface area contributed by atoms with E-state index in [2.05, 4.69) is 0 Å². The van der Waals surface area contributed by atoms with Crippen molar-refractivity contribution in [1.82, 2.24) is 9.58 Å². The van der Waals surface area contributed by atoms with Crippen LogP contribution in [0.15, 0.2) is 58.4 Å². The molecule has 0 radical (unpaired) electrons. The molecule has 2 atom stereocenters. The number of hydrogen-bond donors (Lipinski definition) is 0. The minimum absolute atomic E-state index is 0.268. The van der Waals surface area contributed by atoms with Gasteiger partial charge in [0.15, 0.2) is 5.69 Å². The highest BCUT2D eigenvalue weighted by atomic mass is 35.5. The lowest BCUT2D eigenvalue weighted by atomic mass is 9.94. The fraction of sp³-hybridized carbons (Fsp3) is 0.269. The number of hydrogen-bond acceptors (Lipinski definition) is 6. The zero-order chi connectivity index (χ0) is 28.2. The summed E-state index contributed by atoms with van der Waals surface area (Å²) in [5, 5.41) is 1.67. The van der Waals surface area contributed by atoms with Crippen molar-refractivity contribution < 1.29 is 31.9 Å². The van der Waals surface area contributed by atoms with Gasteiger partial charge < -0.3 is 9.64 Å². The summed E-state index contributed by atoms with van der Waals surface area (Å²) in [5.41, 5.74) is 0.183. The summed E-state index contributed by atoms with van der Waals surface area (Å²) in [6.45, 7) is 1.21. The number of pyridine rings is 1. The molecular formula is C26H20ClF4N3O4S. The van der Waals surface area contributed by atoms with E-state index in [0.29, 0.717) is 27.3 Å². The van der Waals surface area contributed by atoms with Crippen LogP contribution in [0.4, 0.5) is 17.6 Å². The fourth-order valence-electron chi connectivity index (χ4n) is 4.79. The second-order valence-electron chi connectivity index (χ2n) is 9.03. The van der Waals surface area contributed by atoms with Gasteiger partial charge in [-0.3, -0.25) is 24.1 Å². The minimum Gasteiger partial charge on any atom is -0.420 e. The number of thioether (sulfide) groups is 1. The Labute approximate surface area is 228 Å². The van der Waals surface area contributed by atoms with Gasteiger partial charge in [-0.2, -0.15) is 13.2 Å².